The number of rotatable bonds is 4. The molecule has 2 N–H and O–H groups in total. The van der Waals surface area contributed by atoms with Gasteiger partial charge in [0.2, 0.25) is 0 Å². The van der Waals surface area contributed by atoms with E-state index in [0.717, 1.165) is 11.1 Å². The molecule has 0 bridgehead atoms. The number of nitrogens with zero attached hydrogens (tertiary/aromatic N) is 1. The largest absolute Gasteiger partial charge is 0.326 e. The van der Waals surface area contributed by atoms with Crippen molar-refractivity contribution in [3.63, 3.8) is 0 Å². The van der Waals surface area contributed by atoms with Gasteiger partial charge in [0.25, 0.3) is 0 Å². The summed E-state index contributed by atoms with van der Waals surface area (Å²) in [7, 11) is 2.11. The maximum atomic E-state index is 13.9. The van der Waals surface area contributed by atoms with Gasteiger partial charge >= 0.3 is 0 Å². The fraction of sp³-hybridized carbons (Fsp3) is 0.647. The van der Waals surface area contributed by atoms with Crippen molar-refractivity contribution in [2.24, 2.45) is 11.1 Å². The van der Waals surface area contributed by atoms with Gasteiger partial charge < -0.3 is 5.73 Å². The summed E-state index contributed by atoms with van der Waals surface area (Å²) < 4.78 is 13.9. The van der Waals surface area contributed by atoms with Gasteiger partial charge in [-0.25, -0.2) is 4.39 Å². The Morgan fingerprint density at radius 3 is 2.55 bits per heavy atom. The second-order valence-electron chi connectivity index (χ2n) is 6.94. The van der Waals surface area contributed by atoms with Crippen molar-refractivity contribution in [3.05, 3.63) is 35.1 Å². The zero-order valence-corrected chi connectivity index (χ0v) is 13.0. The van der Waals surface area contributed by atoms with Crippen molar-refractivity contribution in [2.75, 3.05) is 7.05 Å². The van der Waals surface area contributed by atoms with Crippen LogP contribution in [0.25, 0.3) is 0 Å². The fourth-order valence-corrected chi connectivity index (χ4v) is 3.10. The minimum Gasteiger partial charge on any atom is -0.326 e. The van der Waals surface area contributed by atoms with E-state index in [4.69, 9.17) is 5.73 Å². The SMILES string of the molecule is CN(Cc1cc(CN)ccc1F)C1CCC(C)(C)CC1. The molecule has 2 nitrogen and oxygen atoms in total. The molecule has 0 unspecified atom stereocenters. The van der Waals surface area contributed by atoms with Gasteiger partial charge in [-0.15, -0.1) is 0 Å². The highest BCUT2D eigenvalue weighted by atomic mass is 19.1. The molecule has 0 radical (unpaired) electrons. The van der Waals surface area contributed by atoms with Crippen LogP contribution < -0.4 is 5.73 Å². The first-order valence-corrected chi connectivity index (χ1v) is 7.59. The van der Waals surface area contributed by atoms with E-state index in [0.29, 0.717) is 24.5 Å². The van der Waals surface area contributed by atoms with Crippen molar-refractivity contribution in [3.8, 4) is 0 Å². The summed E-state index contributed by atoms with van der Waals surface area (Å²) in [6, 6.07) is 5.78. The molecule has 0 atom stereocenters. The molecule has 1 aliphatic carbocycles. The van der Waals surface area contributed by atoms with E-state index < -0.39 is 0 Å². The first kappa shape index (κ1) is 15.5. The molecule has 0 spiro atoms. The van der Waals surface area contributed by atoms with E-state index >= 15 is 0 Å². The van der Waals surface area contributed by atoms with E-state index in [9.17, 15) is 4.39 Å². The monoisotopic (exact) mass is 278 g/mol. The van der Waals surface area contributed by atoms with E-state index in [1.54, 1.807) is 6.07 Å². The average Bonchev–Trinajstić information content (AvgIpc) is 2.41. The molecule has 1 saturated carbocycles. The highest BCUT2D eigenvalue weighted by Gasteiger charge is 2.28. The van der Waals surface area contributed by atoms with Gasteiger partial charge in [0.1, 0.15) is 5.82 Å². The Balaban J connectivity index is 1.99. The van der Waals surface area contributed by atoms with Crippen LogP contribution in [0.15, 0.2) is 18.2 Å². The lowest BCUT2D eigenvalue weighted by molar-refractivity contribution is 0.122. The van der Waals surface area contributed by atoms with Crippen molar-refractivity contribution < 1.29 is 4.39 Å². The Morgan fingerprint density at radius 1 is 1.30 bits per heavy atom. The quantitative estimate of drug-likeness (QED) is 0.910. The van der Waals surface area contributed by atoms with E-state index in [-0.39, 0.29) is 5.82 Å². The molecular formula is C17H27FN2. The molecule has 1 fully saturated rings. The second-order valence-corrected chi connectivity index (χ2v) is 6.94. The van der Waals surface area contributed by atoms with Crippen LogP contribution in [0.3, 0.4) is 0 Å². The fourth-order valence-electron chi connectivity index (χ4n) is 3.10. The van der Waals surface area contributed by atoms with E-state index in [1.807, 2.05) is 6.07 Å². The van der Waals surface area contributed by atoms with Gasteiger partial charge in [-0.05, 0) is 49.8 Å². The summed E-state index contributed by atoms with van der Waals surface area (Å²) >= 11 is 0. The molecule has 1 aromatic rings. The predicted octanol–water partition coefficient (Wildman–Crippen LogP) is 3.69. The topological polar surface area (TPSA) is 29.3 Å². The Bertz CT molecular complexity index is 446. The molecule has 0 saturated heterocycles. The first-order chi connectivity index (χ1) is 9.41. The van der Waals surface area contributed by atoms with Crippen molar-refractivity contribution in [2.45, 2.75) is 58.7 Å². The zero-order chi connectivity index (χ0) is 14.8. The van der Waals surface area contributed by atoms with E-state index in [1.165, 1.54) is 31.7 Å². The highest BCUT2D eigenvalue weighted by Crippen LogP contribution is 2.36. The third-order valence-electron chi connectivity index (χ3n) is 4.70. The molecule has 2 rings (SSSR count). The number of nitrogens with two attached hydrogens (primary N) is 1. The molecule has 1 aliphatic rings. The standard InChI is InChI=1S/C17H27FN2/c1-17(2)8-6-15(7-9-17)20(3)12-14-10-13(11-19)4-5-16(14)18/h4-5,10,15H,6-9,11-12,19H2,1-3H3. The molecule has 1 aromatic carbocycles. The lowest BCUT2D eigenvalue weighted by Crippen LogP contribution is -2.36. The number of halogens is 1. The lowest BCUT2D eigenvalue weighted by atomic mass is 9.75. The normalized spacial score (nSPS) is 19.5. The minimum atomic E-state index is -0.120. The van der Waals surface area contributed by atoms with Crippen LogP contribution in [0.2, 0.25) is 0 Å². The Morgan fingerprint density at radius 2 is 1.95 bits per heavy atom. The third-order valence-corrected chi connectivity index (χ3v) is 4.70. The molecule has 0 amide bonds. The van der Waals surface area contributed by atoms with Crippen molar-refractivity contribution in [1.82, 2.24) is 4.90 Å². The lowest BCUT2D eigenvalue weighted by Gasteiger charge is -2.38. The summed E-state index contributed by atoms with van der Waals surface area (Å²) in [6.07, 6.45) is 4.93. The number of hydrogen-bond acceptors (Lipinski definition) is 2. The van der Waals surface area contributed by atoms with Crippen LogP contribution in [0.5, 0.6) is 0 Å². The van der Waals surface area contributed by atoms with Gasteiger partial charge in [0, 0.05) is 24.7 Å². The summed E-state index contributed by atoms with van der Waals surface area (Å²) in [4.78, 5) is 2.30. The van der Waals surface area contributed by atoms with Crippen LogP contribution in [0, 0.1) is 11.2 Å². The van der Waals surface area contributed by atoms with Crippen LogP contribution >= 0.6 is 0 Å². The third kappa shape index (κ3) is 3.80. The highest BCUT2D eigenvalue weighted by molar-refractivity contribution is 5.25. The Labute approximate surface area is 122 Å². The smallest absolute Gasteiger partial charge is 0.127 e. The molecule has 3 heteroatoms. The Kier molecular flexibility index (Phi) is 4.82. The number of benzene rings is 1. The molecule has 112 valence electrons. The van der Waals surface area contributed by atoms with Crippen LogP contribution in [0.4, 0.5) is 4.39 Å². The Hall–Kier alpha value is -0.930. The van der Waals surface area contributed by atoms with Crippen LogP contribution in [0.1, 0.15) is 50.7 Å². The first-order valence-electron chi connectivity index (χ1n) is 7.59. The number of hydrogen-bond donors (Lipinski definition) is 1. The van der Waals surface area contributed by atoms with E-state index in [2.05, 4.69) is 25.8 Å². The summed E-state index contributed by atoms with van der Waals surface area (Å²) in [6.45, 7) is 5.82. The maximum Gasteiger partial charge on any atom is 0.127 e. The van der Waals surface area contributed by atoms with Crippen molar-refractivity contribution in [1.29, 1.82) is 0 Å². The average molecular weight is 278 g/mol. The van der Waals surface area contributed by atoms with Gasteiger partial charge in [-0.2, -0.15) is 0 Å². The van der Waals surface area contributed by atoms with Gasteiger partial charge in [0.15, 0.2) is 0 Å². The molecule has 0 heterocycles. The van der Waals surface area contributed by atoms with Gasteiger partial charge in [-0.3, -0.25) is 4.90 Å². The summed E-state index contributed by atoms with van der Waals surface area (Å²) in [5.41, 5.74) is 7.87. The molecule has 0 aromatic heterocycles. The molecular weight excluding hydrogens is 251 g/mol. The minimum absolute atomic E-state index is 0.120. The summed E-state index contributed by atoms with van der Waals surface area (Å²) in [5, 5.41) is 0. The van der Waals surface area contributed by atoms with Gasteiger partial charge in [-0.1, -0.05) is 26.0 Å². The predicted molar refractivity (Wildman–Crippen MR) is 81.8 cm³/mol. The van der Waals surface area contributed by atoms with Crippen molar-refractivity contribution >= 4 is 0 Å². The zero-order valence-electron chi connectivity index (χ0n) is 13.0. The maximum absolute atomic E-state index is 13.9. The second kappa shape index (κ2) is 6.23. The van der Waals surface area contributed by atoms with Crippen LogP contribution in [-0.2, 0) is 13.1 Å². The molecule has 0 aliphatic heterocycles. The van der Waals surface area contributed by atoms with Gasteiger partial charge in [0.05, 0.1) is 0 Å². The summed E-state index contributed by atoms with van der Waals surface area (Å²) in [5.74, 6) is -0.120. The van der Waals surface area contributed by atoms with Crippen LogP contribution in [-0.4, -0.2) is 18.0 Å². The molecule has 20 heavy (non-hydrogen) atoms.